The molecular weight excluding hydrogens is 216 g/mol. The summed E-state index contributed by atoms with van der Waals surface area (Å²) < 4.78 is 5.14. The molecule has 2 fully saturated rings. The lowest BCUT2D eigenvalue weighted by Crippen LogP contribution is -2.40. The highest BCUT2D eigenvalue weighted by Crippen LogP contribution is 2.28. The number of methoxy groups -OCH3 is 1. The van der Waals surface area contributed by atoms with E-state index >= 15 is 0 Å². The fourth-order valence-electron chi connectivity index (χ4n) is 2.81. The first-order valence-corrected chi connectivity index (χ1v) is 6.19. The lowest BCUT2D eigenvalue weighted by atomic mass is 9.89. The van der Waals surface area contributed by atoms with Gasteiger partial charge in [0.25, 0.3) is 0 Å². The second-order valence-electron chi connectivity index (χ2n) is 4.81. The molecule has 2 aliphatic heterocycles. The first-order valence-electron chi connectivity index (χ1n) is 6.19. The van der Waals surface area contributed by atoms with Crippen LogP contribution < -0.4 is 15.0 Å². The zero-order valence-corrected chi connectivity index (χ0v) is 10.1. The van der Waals surface area contributed by atoms with Crippen molar-refractivity contribution in [3.63, 3.8) is 0 Å². The van der Waals surface area contributed by atoms with Crippen LogP contribution in [0.2, 0.25) is 0 Å². The molecule has 2 unspecified atom stereocenters. The van der Waals surface area contributed by atoms with Gasteiger partial charge in [-0.3, -0.25) is 0 Å². The van der Waals surface area contributed by atoms with E-state index in [1.165, 1.54) is 13.0 Å². The van der Waals surface area contributed by atoms with Crippen LogP contribution >= 0.6 is 0 Å². The second-order valence-corrected chi connectivity index (χ2v) is 4.81. The predicted octanol–water partition coefficient (Wildman–Crippen LogP) is 0.531. The van der Waals surface area contributed by atoms with Crippen molar-refractivity contribution in [2.45, 2.75) is 6.42 Å². The molecule has 17 heavy (non-hydrogen) atoms. The van der Waals surface area contributed by atoms with E-state index in [1.807, 2.05) is 0 Å². The van der Waals surface area contributed by atoms with Gasteiger partial charge in [-0.05, 0) is 31.3 Å². The van der Waals surface area contributed by atoms with Gasteiger partial charge in [0.15, 0.2) is 0 Å². The number of hydrogen-bond acceptors (Lipinski definition) is 5. The van der Waals surface area contributed by atoms with E-state index in [0.29, 0.717) is 5.88 Å². The zero-order valence-electron chi connectivity index (χ0n) is 10.1. The van der Waals surface area contributed by atoms with Crippen molar-refractivity contribution >= 4 is 5.95 Å². The molecule has 92 valence electrons. The second kappa shape index (κ2) is 4.49. The summed E-state index contributed by atoms with van der Waals surface area (Å²) in [5.74, 6) is 3.03. The van der Waals surface area contributed by atoms with Crippen molar-refractivity contribution < 1.29 is 4.74 Å². The molecule has 5 nitrogen and oxygen atoms in total. The Morgan fingerprint density at radius 3 is 3.18 bits per heavy atom. The molecule has 2 aliphatic rings. The van der Waals surface area contributed by atoms with E-state index in [1.54, 1.807) is 19.4 Å². The molecule has 1 aromatic rings. The van der Waals surface area contributed by atoms with Crippen LogP contribution in [0.25, 0.3) is 0 Å². The number of ether oxygens (including phenoxy) is 1. The largest absolute Gasteiger partial charge is 0.481 e. The fourth-order valence-corrected chi connectivity index (χ4v) is 2.81. The number of piperidine rings is 1. The van der Waals surface area contributed by atoms with Crippen LogP contribution in [0, 0.1) is 11.8 Å². The van der Waals surface area contributed by atoms with E-state index in [9.17, 15) is 0 Å². The summed E-state index contributed by atoms with van der Waals surface area (Å²) in [5.41, 5.74) is 0. The molecule has 0 radical (unpaired) electrons. The summed E-state index contributed by atoms with van der Waals surface area (Å²) in [6, 6.07) is 1.79. The van der Waals surface area contributed by atoms with Crippen LogP contribution in [0.1, 0.15) is 6.42 Å². The van der Waals surface area contributed by atoms with Gasteiger partial charge in [0, 0.05) is 25.4 Å². The lowest BCUT2D eigenvalue weighted by molar-refractivity contribution is 0.344. The van der Waals surface area contributed by atoms with Gasteiger partial charge < -0.3 is 15.0 Å². The molecule has 0 spiro atoms. The number of fused-ring (bicyclic) bond motifs is 1. The summed E-state index contributed by atoms with van der Waals surface area (Å²) in [6.07, 6.45) is 3.00. The molecule has 2 saturated heterocycles. The molecule has 0 aliphatic carbocycles. The summed E-state index contributed by atoms with van der Waals surface area (Å²) in [7, 11) is 1.64. The van der Waals surface area contributed by atoms with E-state index in [-0.39, 0.29) is 0 Å². The Bertz CT molecular complexity index is 398. The number of nitrogens with zero attached hydrogens (tertiary/aromatic N) is 3. The van der Waals surface area contributed by atoms with Gasteiger partial charge in [0.2, 0.25) is 11.8 Å². The SMILES string of the molecule is COc1ccnc(N2CCC3CNCC3C2)n1. The molecule has 1 N–H and O–H groups in total. The lowest BCUT2D eigenvalue weighted by Gasteiger charge is -2.34. The summed E-state index contributed by atoms with van der Waals surface area (Å²) >= 11 is 0. The van der Waals surface area contributed by atoms with Crippen LogP contribution in [0.4, 0.5) is 5.95 Å². The van der Waals surface area contributed by atoms with Crippen molar-refractivity contribution in [1.82, 2.24) is 15.3 Å². The molecule has 3 rings (SSSR count). The number of aromatic nitrogens is 2. The van der Waals surface area contributed by atoms with E-state index in [0.717, 1.165) is 37.4 Å². The van der Waals surface area contributed by atoms with Crippen LogP contribution in [0.3, 0.4) is 0 Å². The van der Waals surface area contributed by atoms with Crippen LogP contribution in [0.5, 0.6) is 5.88 Å². The Labute approximate surface area is 101 Å². The quantitative estimate of drug-likeness (QED) is 0.809. The Morgan fingerprint density at radius 1 is 1.41 bits per heavy atom. The van der Waals surface area contributed by atoms with Crippen LogP contribution in [-0.4, -0.2) is 43.3 Å². The molecule has 2 atom stereocenters. The van der Waals surface area contributed by atoms with Crippen LogP contribution in [0.15, 0.2) is 12.3 Å². The molecule has 0 saturated carbocycles. The average molecular weight is 234 g/mol. The summed E-state index contributed by atoms with van der Waals surface area (Å²) in [5, 5.41) is 3.47. The van der Waals surface area contributed by atoms with Gasteiger partial charge in [0.1, 0.15) is 0 Å². The standard InChI is InChI=1S/C12H18N4O/c1-17-11-2-4-14-12(15-11)16-5-3-9-6-13-7-10(9)8-16/h2,4,9-10,13H,3,5-8H2,1H3. The van der Waals surface area contributed by atoms with Gasteiger partial charge in [-0.2, -0.15) is 4.98 Å². The zero-order chi connectivity index (χ0) is 11.7. The Hall–Kier alpha value is -1.36. The highest BCUT2D eigenvalue weighted by Gasteiger charge is 2.33. The molecule has 0 bridgehead atoms. The first-order chi connectivity index (χ1) is 8.36. The van der Waals surface area contributed by atoms with Crippen molar-refractivity contribution in [2.24, 2.45) is 11.8 Å². The van der Waals surface area contributed by atoms with Gasteiger partial charge >= 0.3 is 0 Å². The third-order valence-corrected chi connectivity index (χ3v) is 3.81. The Balaban J connectivity index is 1.75. The number of nitrogens with one attached hydrogen (secondary N) is 1. The Kier molecular flexibility index (Phi) is 2.84. The van der Waals surface area contributed by atoms with E-state index in [4.69, 9.17) is 4.74 Å². The third kappa shape index (κ3) is 2.07. The molecule has 0 aromatic carbocycles. The molecule has 5 heteroatoms. The normalized spacial score (nSPS) is 27.9. The summed E-state index contributed by atoms with van der Waals surface area (Å²) in [4.78, 5) is 11.0. The highest BCUT2D eigenvalue weighted by atomic mass is 16.5. The van der Waals surface area contributed by atoms with E-state index < -0.39 is 0 Å². The van der Waals surface area contributed by atoms with Gasteiger partial charge in [-0.1, -0.05) is 0 Å². The molecule has 3 heterocycles. The Morgan fingerprint density at radius 2 is 2.29 bits per heavy atom. The minimum atomic E-state index is 0.640. The van der Waals surface area contributed by atoms with Crippen LogP contribution in [-0.2, 0) is 0 Å². The van der Waals surface area contributed by atoms with Gasteiger partial charge in [-0.25, -0.2) is 4.98 Å². The maximum absolute atomic E-state index is 5.14. The summed E-state index contributed by atoms with van der Waals surface area (Å²) in [6.45, 7) is 4.42. The van der Waals surface area contributed by atoms with Gasteiger partial charge in [0.05, 0.1) is 7.11 Å². The topological polar surface area (TPSA) is 50.3 Å². The minimum absolute atomic E-state index is 0.640. The predicted molar refractivity (Wildman–Crippen MR) is 65.3 cm³/mol. The third-order valence-electron chi connectivity index (χ3n) is 3.81. The van der Waals surface area contributed by atoms with Crippen molar-refractivity contribution in [3.8, 4) is 5.88 Å². The monoisotopic (exact) mass is 234 g/mol. The highest BCUT2D eigenvalue weighted by molar-refractivity contribution is 5.33. The van der Waals surface area contributed by atoms with Gasteiger partial charge in [-0.15, -0.1) is 0 Å². The van der Waals surface area contributed by atoms with Crippen molar-refractivity contribution in [1.29, 1.82) is 0 Å². The molecule has 1 aromatic heterocycles. The first kappa shape index (κ1) is 10.8. The smallest absolute Gasteiger partial charge is 0.228 e. The average Bonchev–Trinajstić information content (AvgIpc) is 2.86. The number of rotatable bonds is 2. The molecule has 0 amide bonds. The fraction of sp³-hybridized carbons (Fsp3) is 0.667. The molecular formula is C12H18N4O. The van der Waals surface area contributed by atoms with E-state index in [2.05, 4.69) is 20.2 Å². The maximum Gasteiger partial charge on any atom is 0.228 e. The number of anilines is 1. The maximum atomic E-state index is 5.14. The van der Waals surface area contributed by atoms with Crippen molar-refractivity contribution in [3.05, 3.63) is 12.3 Å². The van der Waals surface area contributed by atoms with Crippen molar-refractivity contribution in [2.75, 3.05) is 38.2 Å². The minimum Gasteiger partial charge on any atom is -0.481 e. The number of hydrogen-bond donors (Lipinski definition) is 1.